The first kappa shape index (κ1) is 11.0. The molecule has 1 unspecified atom stereocenters. The zero-order valence-corrected chi connectivity index (χ0v) is 9.82. The van der Waals surface area contributed by atoms with Crippen molar-refractivity contribution in [3.63, 3.8) is 0 Å². The Morgan fingerprint density at radius 1 is 1.30 bits per heavy atom. The molecule has 0 saturated carbocycles. The smallest absolute Gasteiger partial charge is 0.140 e. The van der Waals surface area contributed by atoms with Crippen LogP contribution < -0.4 is 0 Å². The van der Waals surface area contributed by atoms with Crippen molar-refractivity contribution >= 4 is 26.8 Å². The van der Waals surface area contributed by atoms with Crippen LogP contribution in [0.15, 0.2) is 0 Å². The molecule has 0 fully saturated rings. The lowest BCUT2D eigenvalue weighted by atomic mass is 10.2. The van der Waals surface area contributed by atoms with Gasteiger partial charge in [0.2, 0.25) is 0 Å². The third kappa shape index (κ3) is 8.96. The summed E-state index contributed by atoms with van der Waals surface area (Å²) in [5, 5.41) is 0. The number of halogens is 1. The Bertz CT molecular complexity index is 119. The molecular formula is C7H16IOP. The molecule has 0 aromatic rings. The fraction of sp³-hybridized carbons (Fsp3) is 1.00. The van der Waals surface area contributed by atoms with Gasteiger partial charge in [0, 0.05) is 6.16 Å². The molecule has 0 amide bonds. The zero-order valence-electron chi connectivity index (χ0n) is 6.77. The molecule has 0 aromatic carbocycles. The quantitative estimate of drug-likeness (QED) is 0.422. The van der Waals surface area contributed by atoms with Gasteiger partial charge in [-0.25, -0.2) is 0 Å². The molecule has 0 spiro atoms. The summed E-state index contributed by atoms with van der Waals surface area (Å²) in [4.78, 5) is -1.74. The Kier molecular flexibility index (Phi) is 6.13. The van der Waals surface area contributed by atoms with Crippen LogP contribution in [0.1, 0.15) is 32.6 Å². The highest BCUT2D eigenvalue weighted by Crippen LogP contribution is 2.51. The van der Waals surface area contributed by atoms with Gasteiger partial charge in [-0.3, -0.25) is 0 Å². The third-order valence-corrected chi connectivity index (χ3v) is 3.97. The number of rotatable bonds is 5. The highest BCUT2D eigenvalue weighted by Gasteiger charge is 2.07. The number of unbranched alkanes of at least 4 members (excludes halogenated alkanes) is 3. The van der Waals surface area contributed by atoms with Crippen molar-refractivity contribution < 1.29 is 4.57 Å². The second-order valence-corrected chi connectivity index (χ2v) is 11.3. The van der Waals surface area contributed by atoms with Gasteiger partial charge in [0.1, 0.15) is 4.78 Å². The van der Waals surface area contributed by atoms with Crippen molar-refractivity contribution in [3.05, 3.63) is 0 Å². The molecule has 0 bridgehead atoms. The Hall–Kier alpha value is 0.960. The van der Waals surface area contributed by atoms with E-state index in [9.17, 15) is 4.57 Å². The van der Waals surface area contributed by atoms with E-state index in [-0.39, 0.29) is 0 Å². The SMILES string of the molecule is CCCCCCP(C)(=O)I. The van der Waals surface area contributed by atoms with Crippen LogP contribution in [0.5, 0.6) is 0 Å². The zero-order chi connectivity index (χ0) is 8.04. The van der Waals surface area contributed by atoms with E-state index in [1.807, 2.05) is 6.66 Å². The Morgan fingerprint density at radius 2 is 1.90 bits per heavy atom. The Balaban J connectivity index is 3.13. The number of hydrogen-bond acceptors (Lipinski definition) is 1. The second kappa shape index (κ2) is 5.59. The fourth-order valence-corrected chi connectivity index (χ4v) is 2.63. The van der Waals surface area contributed by atoms with Crippen LogP contribution in [0.2, 0.25) is 0 Å². The van der Waals surface area contributed by atoms with Crippen molar-refractivity contribution in [1.29, 1.82) is 0 Å². The molecule has 0 aromatic heterocycles. The molecule has 0 N–H and O–H groups in total. The topological polar surface area (TPSA) is 17.1 Å². The van der Waals surface area contributed by atoms with Gasteiger partial charge in [0.25, 0.3) is 0 Å². The van der Waals surface area contributed by atoms with Crippen molar-refractivity contribution in [2.75, 3.05) is 12.8 Å². The molecular weight excluding hydrogens is 258 g/mol. The van der Waals surface area contributed by atoms with E-state index in [0.717, 1.165) is 12.6 Å². The van der Waals surface area contributed by atoms with Gasteiger partial charge in [-0.2, -0.15) is 0 Å². The first-order chi connectivity index (χ1) is 4.56. The lowest BCUT2D eigenvalue weighted by Gasteiger charge is -2.02. The van der Waals surface area contributed by atoms with E-state index in [4.69, 9.17) is 0 Å². The maximum atomic E-state index is 11.2. The fourth-order valence-electron chi connectivity index (χ4n) is 0.821. The summed E-state index contributed by atoms with van der Waals surface area (Å²) in [6.45, 7) is 4.05. The summed E-state index contributed by atoms with van der Waals surface area (Å²) < 4.78 is 11.2. The van der Waals surface area contributed by atoms with Crippen molar-refractivity contribution in [2.45, 2.75) is 32.6 Å². The molecule has 1 atom stereocenters. The largest absolute Gasteiger partial charge is 0.313 e. The third-order valence-electron chi connectivity index (χ3n) is 1.41. The van der Waals surface area contributed by atoms with Crippen LogP contribution in [0, 0.1) is 0 Å². The summed E-state index contributed by atoms with van der Waals surface area (Å²) in [5.41, 5.74) is 0. The van der Waals surface area contributed by atoms with Gasteiger partial charge in [-0.05, 0) is 35.1 Å². The highest BCUT2D eigenvalue weighted by atomic mass is 127. The van der Waals surface area contributed by atoms with Gasteiger partial charge >= 0.3 is 0 Å². The predicted octanol–water partition coefficient (Wildman–Crippen LogP) is 3.91. The van der Waals surface area contributed by atoms with Crippen LogP contribution in [0.25, 0.3) is 0 Å². The van der Waals surface area contributed by atoms with Crippen molar-refractivity contribution in [2.24, 2.45) is 0 Å². The average Bonchev–Trinajstić information content (AvgIpc) is 1.78. The standard InChI is InChI=1S/C7H16IOP/c1-3-4-5-6-7-10(2,8)9/h3-7H2,1-2H3. The average molecular weight is 274 g/mol. The molecule has 0 heterocycles. The monoisotopic (exact) mass is 274 g/mol. The van der Waals surface area contributed by atoms with E-state index in [2.05, 4.69) is 29.0 Å². The van der Waals surface area contributed by atoms with Gasteiger partial charge in [0.05, 0.1) is 0 Å². The van der Waals surface area contributed by atoms with Crippen molar-refractivity contribution in [1.82, 2.24) is 0 Å². The summed E-state index contributed by atoms with van der Waals surface area (Å²) in [6, 6.07) is 0. The van der Waals surface area contributed by atoms with E-state index in [1.165, 1.54) is 19.3 Å². The maximum Gasteiger partial charge on any atom is 0.140 e. The minimum Gasteiger partial charge on any atom is -0.313 e. The van der Waals surface area contributed by atoms with Crippen LogP contribution in [-0.2, 0) is 4.57 Å². The van der Waals surface area contributed by atoms with Gasteiger partial charge in [0.15, 0.2) is 0 Å². The second-order valence-electron chi connectivity index (χ2n) is 2.77. The maximum absolute atomic E-state index is 11.2. The highest BCUT2D eigenvalue weighted by molar-refractivity contribution is 14.2. The van der Waals surface area contributed by atoms with Gasteiger partial charge in [-0.1, -0.05) is 26.2 Å². The molecule has 0 aliphatic rings. The Labute approximate surface area is 76.8 Å². The van der Waals surface area contributed by atoms with Crippen LogP contribution >= 0.6 is 26.8 Å². The molecule has 0 aliphatic heterocycles. The van der Waals surface area contributed by atoms with Crippen LogP contribution in [-0.4, -0.2) is 12.8 Å². The van der Waals surface area contributed by atoms with E-state index in [1.54, 1.807) is 0 Å². The molecule has 0 aliphatic carbocycles. The van der Waals surface area contributed by atoms with Crippen LogP contribution in [0.3, 0.4) is 0 Å². The predicted molar refractivity (Wildman–Crippen MR) is 56.6 cm³/mol. The summed E-state index contributed by atoms with van der Waals surface area (Å²) >= 11 is 2.08. The van der Waals surface area contributed by atoms with Gasteiger partial charge in [-0.15, -0.1) is 0 Å². The minimum absolute atomic E-state index is 0.924. The summed E-state index contributed by atoms with van der Waals surface area (Å²) in [6.07, 6.45) is 5.86. The molecule has 62 valence electrons. The summed E-state index contributed by atoms with van der Waals surface area (Å²) in [7, 11) is 0. The van der Waals surface area contributed by atoms with Crippen molar-refractivity contribution in [3.8, 4) is 0 Å². The van der Waals surface area contributed by atoms with Gasteiger partial charge < -0.3 is 4.57 Å². The lowest BCUT2D eigenvalue weighted by molar-refractivity contribution is 0.586. The molecule has 0 saturated heterocycles. The molecule has 0 rings (SSSR count). The van der Waals surface area contributed by atoms with E-state index < -0.39 is 4.78 Å². The summed E-state index contributed by atoms with van der Waals surface area (Å²) in [5.74, 6) is 0. The molecule has 10 heavy (non-hydrogen) atoms. The molecule has 0 radical (unpaired) electrons. The normalized spacial score (nSPS) is 16.7. The first-order valence-corrected chi connectivity index (χ1v) is 8.95. The first-order valence-electron chi connectivity index (χ1n) is 3.82. The van der Waals surface area contributed by atoms with E-state index in [0.29, 0.717) is 0 Å². The lowest BCUT2D eigenvalue weighted by Crippen LogP contribution is -1.82. The minimum atomic E-state index is -1.74. The molecule has 1 nitrogen and oxygen atoms in total. The Morgan fingerprint density at radius 3 is 2.30 bits per heavy atom. The number of hydrogen-bond donors (Lipinski definition) is 0. The molecule has 3 heteroatoms. The van der Waals surface area contributed by atoms with E-state index >= 15 is 0 Å². The van der Waals surface area contributed by atoms with Crippen LogP contribution in [0.4, 0.5) is 0 Å².